The van der Waals surface area contributed by atoms with Crippen LogP contribution in [0.2, 0.25) is 0 Å². The molecule has 11 nitrogen and oxygen atoms in total. The van der Waals surface area contributed by atoms with Gasteiger partial charge in [-0.15, -0.1) is 10.2 Å². The van der Waals surface area contributed by atoms with Crippen LogP contribution < -0.4 is 4.90 Å². The first-order chi connectivity index (χ1) is 16.5. The zero-order valence-electron chi connectivity index (χ0n) is 18.6. The number of nitro groups is 1. The van der Waals surface area contributed by atoms with E-state index in [1.54, 1.807) is 0 Å². The average Bonchev–Trinajstić information content (AvgIpc) is 3.54. The predicted molar refractivity (Wildman–Crippen MR) is 126 cm³/mol. The summed E-state index contributed by atoms with van der Waals surface area (Å²) in [6.45, 7) is 2.55. The minimum atomic E-state index is -0.455. The van der Waals surface area contributed by atoms with Gasteiger partial charge in [0.05, 0.1) is 4.92 Å². The van der Waals surface area contributed by atoms with Crippen molar-refractivity contribution in [1.82, 2.24) is 35.2 Å². The predicted octanol–water partition coefficient (Wildman–Crippen LogP) is 3.68. The maximum atomic E-state index is 11.4. The Morgan fingerprint density at radius 1 is 1.12 bits per heavy atom. The third kappa shape index (κ3) is 3.83. The van der Waals surface area contributed by atoms with E-state index in [4.69, 9.17) is 0 Å². The molecular formula is C23H21N9O2. The van der Waals surface area contributed by atoms with Gasteiger partial charge in [0.25, 0.3) is 0 Å². The van der Waals surface area contributed by atoms with Crippen LogP contribution in [0.4, 0.5) is 11.5 Å². The lowest BCUT2D eigenvalue weighted by atomic mass is 9.98. The van der Waals surface area contributed by atoms with Gasteiger partial charge in [0.1, 0.15) is 12.0 Å². The molecule has 0 spiro atoms. The number of tetrazole rings is 1. The van der Waals surface area contributed by atoms with Crippen LogP contribution in [-0.4, -0.2) is 47.2 Å². The van der Waals surface area contributed by atoms with Gasteiger partial charge in [-0.1, -0.05) is 55.5 Å². The maximum Gasteiger partial charge on any atom is 0.333 e. The van der Waals surface area contributed by atoms with E-state index in [9.17, 15) is 10.1 Å². The Labute approximate surface area is 194 Å². The van der Waals surface area contributed by atoms with Crippen molar-refractivity contribution in [3.63, 3.8) is 0 Å². The lowest BCUT2D eigenvalue weighted by Gasteiger charge is -2.21. The zero-order chi connectivity index (χ0) is 23.7. The molecule has 0 atom stereocenters. The number of nitrogens with one attached hydrogen (secondary N) is 1. The number of anilines is 1. The highest BCUT2D eigenvalue weighted by atomic mass is 16.6. The Balaban J connectivity index is 1.44. The second-order valence-electron chi connectivity index (χ2n) is 7.82. The molecule has 0 aliphatic heterocycles. The van der Waals surface area contributed by atoms with Crippen molar-refractivity contribution >= 4 is 17.2 Å². The van der Waals surface area contributed by atoms with E-state index in [1.807, 2.05) is 49.2 Å². The van der Waals surface area contributed by atoms with Crippen LogP contribution in [-0.2, 0) is 13.0 Å². The van der Waals surface area contributed by atoms with Gasteiger partial charge < -0.3 is 4.90 Å². The van der Waals surface area contributed by atoms with Gasteiger partial charge in [-0.2, -0.15) is 14.8 Å². The van der Waals surface area contributed by atoms with Crippen LogP contribution in [0.25, 0.3) is 28.2 Å². The summed E-state index contributed by atoms with van der Waals surface area (Å²) in [5, 5.41) is 30.0. The van der Waals surface area contributed by atoms with Crippen molar-refractivity contribution in [2.24, 2.45) is 0 Å². The summed E-state index contributed by atoms with van der Waals surface area (Å²) in [6.07, 6.45) is 1.91. The first-order valence-corrected chi connectivity index (χ1v) is 10.7. The van der Waals surface area contributed by atoms with Crippen LogP contribution in [0.1, 0.15) is 18.2 Å². The molecule has 170 valence electrons. The second kappa shape index (κ2) is 8.70. The number of H-pyrrole nitrogens is 1. The summed E-state index contributed by atoms with van der Waals surface area (Å²) in [5.74, 6) is 1.28. The zero-order valence-corrected chi connectivity index (χ0v) is 18.6. The molecule has 5 rings (SSSR count). The van der Waals surface area contributed by atoms with Crippen molar-refractivity contribution in [2.45, 2.75) is 19.9 Å². The van der Waals surface area contributed by atoms with E-state index in [0.29, 0.717) is 18.8 Å². The van der Waals surface area contributed by atoms with Crippen LogP contribution >= 0.6 is 0 Å². The van der Waals surface area contributed by atoms with Crippen LogP contribution in [0.5, 0.6) is 0 Å². The number of aromatic amines is 1. The SMILES string of the molecule is CCc1cc(N(C)Cc2ccc(-c3ccccc3-c3nn[nH]n3)cc2)n2ncc([N+](=O)[O-])c2n1. The Kier molecular flexibility index (Phi) is 5.42. The van der Waals surface area contributed by atoms with Crippen LogP contribution in [0.3, 0.4) is 0 Å². The highest BCUT2D eigenvalue weighted by Gasteiger charge is 2.21. The second-order valence-corrected chi connectivity index (χ2v) is 7.82. The lowest BCUT2D eigenvalue weighted by Crippen LogP contribution is -2.20. The van der Waals surface area contributed by atoms with E-state index in [2.05, 4.69) is 55.0 Å². The summed E-state index contributed by atoms with van der Waals surface area (Å²) >= 11 is 0. The van der Waals surface area contributed by atoms with Crippen molar-refractivity contribution in [1.29, 1.82) is 0 Å². The Bertz CT molecular complexity index is 1460. The molecule has 5 aromatic rings. The lowest BCUT2D eigenvalue weighted by molar-refractivity contribution is -0.383. The molecule has 2 aromatic carbocycles. The number of hydrogen-bond donors (Lipinski definition) is 1. The number of aromatic nitrogens is 7. The number of rotatable bonds is 7. The molecule has 0 radical (unpaired) electrons. The third-order valence-electron chi connectivity index (χ3n) is 5.64. The molecule has 0 unspecified atom stereocenters. The molecule has 3 heterocycles. The Morgan fingerprint density at radius 2 is 1.88 bits per heavy atom. The van der Waals surface area contributed by atoms with Crippen molar-refractivity contribution < 1.29 is 4.92 Å². The number of nitrogens with zero attached hydrogens (tertiary/aromatic N) is 8. The molecule has 0 saturated heterocycles. The van der Waals surface area contributed by atoms with E-state index in [0.717, 1.165) is 33.8 Å². The molecule has 0 amide bonds. The minimum Gasteiger partial charge on any atom is -0.355 e. The van der Waals surface area contributed by atoms with Gasteiger partial charge in [-0.3, -0.25) is 10.1 Å². The normalized spacial score (nSPS) is 11.1. The molecule has 0 aliphatic carbocycles. The largest absolute Gasteiger partial charge is 0.355 e. The molecule has 34 heavy (non-hydrogen) atoms. The van der Waals surface area contributed by atoms with E-state index < -0.39 is 4.92 Å². The van der Waals surface area contributed by atoms with Crippen molar-refractivity contribution in [2.75, 3.05) is 11.9 Å². The molecular weight excluding hydrogens is 434 g/mol. The summed E-state index contributed by atoms with van der Waals surface area (Å²) in [4.78, 5) is 17.3. The van der Waals surface area contributed by atoms with Gasteiger partial charge in [-0.25, -0.2) is 4.98 Å². The quantitative estimate of drug-likeness (QED) is 0.290. The fraction of sp³-hybridized carbons (Fsp3) is 0.174. The fourth-order valence-electron chi connectivity index (χ4n) is 3.92. The number of fused-ring (bicyclic) bond motifs is 1. The van der Waals surface area contributed by atoms with Gasteiger partial charge in [0.2, 0.25) is 11.5 Å². The number of benzene rings is 2. The molecule has 3 aromatic heterocycles. The molecule has 11 heteroatoms. The molecule has 0 saturated carbocycles. The third-order valence-corrected chi connectivity index (χ3v) is 5.64. The average molecular weight is 455 g/mol. The monoisotopic (exact) mass is 455 g/mol. The topological polar surface area (TPSA) is 131 Å². The maximum absolute atomic E-state index is 11.4. The standard InChI is InChI=1S/C23H21N9O2/c1-3-17-12-21(31-23(25-17)20(13-24-31)32(33)34)30(2)14-15-8-10-16(11-9-15)18-6-4-5-7-19(18)22-26-28-29-27-22/h4-13H,3,14H2,1-2H3,(H,26,27,28,29). The highest BCUT2D eigenvalue weighted by Crippen LogP contribution is 2.30. The minimum absolute atomic E-state index is 0.102. The highest BCUT2D eigenvalue weighted by molar-refractivity contribution is 5.80. The number of aryl methyl sites for hydroxylation is 1. The summed E-state index contributed by atoms with van der Waals surface area (Å²) in [5.41, 5.74) is 4.94. The van der Waals surface area contributed by atoms with Crippen LogP contribution in [0.15, 0.2) is 60.8 Å². The van der Waals surface area contributed by atoms with Crippen molar-refractivity contribution in [3.05, 3.63) is 82.2 Å². The van der Waals surface area contributed by atoms with Gasteiger partial charge >= 0.3 is 5.69 Å². The first-order valence-electron chi connectivity index (χ1n) is 10.7. The fourth-order valence-corrected chi connectivity index (χ4v) is 3.92. The van der Waals surface area contributed by atoms with Gasteiger partial charge in [-0.05, 0) is 28.3 Å². The van der Waals surface area contributed by atoms with E-state index >= 15 is 0 Å². The van der Waals surface area contributed by atoms with Gasteiger partial charge in [0.15, 0.2) is 0 Å². The number of hydrogen-bond acceptors (Lipinski definition) is 8. The first kappa shape index (κ1) is 21.2. The summed E-state index contributed by atoms with van der Waals surface area (Å²) < 4.78 is 1.52. The van der Waals surface area contributed by atoms with Gasteiger partial charge in [0, 0.05) is 30.9 Å². The summed E-state index contributed by atoms with van der Waals surface area (Å²) in [6, 6.07) is 18.1. The molecule has 0 aliphatic rings. The summed E-state index contributed by atoms with van der Waals surface area (Å²) in [7, 11) is 1.93. The van der Waals surface area contributed by atoms with E-state index in [-0.39, 0.29) is 11.3 Å². The Morgan fingerprint density at radius 3 is 2.56 bits per heavy atom. The van der Waals surface area contributed by atoms with E-state index in [1.165, 1.54) is 10.7 Å². The molecule has 1 N–H and O–H groups in total. The molecule has 0 bridgehead atoms. The Hall–Kier alpha value is -4.67. The smallest absolute Gasteiger partial charge is 0.333 e. The van der Waals surface area contributed by atoms with Crippen LogP contribution in [0, 0.1) is 10.1 Å². The van der Waals surface area contributed by atoms with Crippen molar-refractivity contribution in [3.8, 4) is 22.5 Å². The molecule has 0 fully saturated rings.